The monoisotopic (exact) mass is 252 g/mol. The highest BCUT2D eigenvalue weighted by Gasteiger charge is 2.03. The molecule has 102 valence electrons. The third-order valence-electron chi connectivity index (χ3n) is 2.60. The summed E-state index contributed by atoms with van der Waals surface area (Å²) in [7, 11) is 0. The zero-order valence-electron chi connectivity index (χ0n) is 11.6. The largest absolute Gasteiger partial charge is 0.490 e. The zero-order valence-corrected chi connectivity index (χ0v) is 11.6. The Kier molecular flexibility index (Phi) is 6.68. The molecular weight excluding hydrogens is 228 g/mol. The molecule has 0 amide bonds. The molecule has 0 spiro atoms. The molecule has 0 aliphatic carbocycles. The molecule has 2 N–H and O–H groups in total. The van der Waals surface area contributed by atoms with Gasteiger partial charge in [-0.1, -0.05) is 6.92 Å². The van der Waals surface area contributed by atoms with Gasteiger partial charge in [-0.25, -0.2) is 0 Å². The molecule has 4 heteroatoms. The summed E-state index contributed by atoms with van der Waals surface area (Å²) in [6.45, 7) is 7.24. The minimum atomic E-state index is 0.184. The van der Waals surface area contributed by atoms with E-state index >= 15 is 0 Å². The number of hydrogen-bond acceptors (Lipinski definition) is 4. The van der Waals surface area contributed by atoms with Crippen LogP contribution in [0.3, 0.4) is 0 Å². The molecule has 0 radical (unpaired) electrons. The predicted octanol–water partition coefficient (Wildman–Crippen LogP) is 2.17. The third-order valence-corrected chi connectivity index (χ3v) is 2.60. The average molecular weight is 252 g/mol. The standard InChI is InChI=1S/C14H24N2O2/c1-4-12(15)9-13-5-6-14(10-16-13)18-8-7-17-11(2)3/h5-6,10-12H,4,7-9,15H2,1-3H3. The van der Waals surface area contributed by atoms with E-state index in [9.17, 15) is 0 Å². The highest BCUT2D eigenvalue weighted by Crippen LogP contribution is 2.10. The molecule has 0 bridgehead atoms. The second kappa shape index (κ2) is 8.06. The normalized spacial score (nSPS) is 12.7. The zero-order chi connectivity index (χ0) is 13.4. The van der Waals surface area contributed by atoms with Gasteiger partial charge in [-0.15, -0.1) is 0 Å². The fourth-order valence-corrected chi connectivity index (χ4v) is 1.47. The van der Waals surface area contributed by atoms with Crippen LogP contribution in [0, 0.1) is 0 Å². The minimum absolute atomic E-state index is 0.184. The predicted molar refractivity (Wildman–Crippen MR) is 72.8 cm³/mol. The quantitative estimate of drug-likeness (QED) is 0.720. The lowest BCUT2D eigenvalue weighted by molar-refractivity contribution is 0.0552. The molecule has 0 aliphatic rings. The van der Waals surface area contributed by atoms with Crippen LogP contribution in [0.25, 0.3) is 0 Å². The highest BCUT2D eigenvalue weighted by molar-refractivity contribution is 5.20. The maximum atomic E-state index is 5.88. The summed E-state index contributed by atoms with van der Waals surface area (Å²) in [5.41, 5.74) is 6.89. The van der Waals surface area contributed by atoms with E-state index in [1.165, 1.54) is 0 Å². The van der Waals surface area contributed by atoms with Crippen LogP contribution < -0.4 is 10.5 Å². The van der Waals surface area contributed by atoms with E-state index < -0.39 is 0 Å². The molecule has 0 saturated heterocycles. The second-order valence-corrected chi connectivity index (χ2v) is 4.63. The Balaban J connectivity index is 2.31. The first-order chi connectivity index (χ1) is 8.61. The molecule has 18 heavy (non-hydrogen) atoms. The number of ether oxygens (including phenoxy) is 2. The summed E-state index contributed by atoms with van der Waals surface area (Å²) in [5.74, 6) is 0.774. The van der Waals surface area contributed by atoms with Crippen molar-refractivity contribution in [1.29, 1.82) is 0 Å². The van der Waals surface area contributed by atoms with Crippen LogP contribution in [0.5, 0.6) is 5.75 Å². The SMILES string of the molecule is CCC(N)Cc1ccc(OCCOC(C)C)cn1. The lowest BCUT2D eigenvalue weighted by Gasteiger charge is -2.10. The molecule has 0 aliphatic heterocycles. The van der Waals surface area contributed by atoms with Crippen molar-refractivity contribution in [1.82, 2.24) is 4.98 Å². The van der Waals surface area contributed by atoms with Crippen LogP contribution in [0.4, 0.5) is 0 Å². The molecule has 1 heterocycles. The van der Waals surface area contributed by atoms with E-state index in [1.807, 2.05) is 26.0 Å². The van der Waals surface area contributed by atoms with Crippen molar-refractivity contribution in [2.24, 2.45) is 5.73 Å². The van der Waals surface area contributed by atoms with Gasteiger partial charge in [-0.05, 0) is 32.4 Å². The molecule has 1 unspecified atom stereocenters. The van der Waals surface area contributed by atoms with Gasteiger partial charge in [0.15, 0.2) is 0 Å². The van der Waals surface area contributed by atoms with Gasteiger partial charge < -0.3 is 15.2 Å². The van der Waals surface area contributed by atoms with E-state index in [4.69, 9.17) is 15.2 Å². The van der Waals surface area contributed by atoms with Crippen molar-refractivity contribution in [2.45, 2.75) is 45.8 Å². The average Bonchev–Trinajstić information content (AvgIpc) is 2.36. The smallest absolute Gasteiger partial charge is 0.137 e. The van der Waals surface area contributed by atoms with Crippen LogP contribution >= 0.6 is 0 Å². The van der Waals surface area contributed by atoms with Crippen molar-refractivity contribution in [3.63, 3.8) is 0 Å². The molecule has 1 aromatic heterocycles. The van der Waals surface area contributed by atoms with Gasteiger partial charge in [0.2, 0.25) is 0 Å². The van der Waals surface area contributed by atoms with Crippen LogP contribution in [0.15, 0.2) is 18.3 Å². The van der Waals surface area contributed by atoms with E-state index in [-0.39, 0.29) is 12.1 Å². The highest BCUT2D eigenvalue weighted by atomic mass is 16.5. The van der Waals surface area contributed by atoms with Crippen molar-refractivity contribution in [3.05, 3.63) is 24.0 Å². The first-order valence-corrected chi connectivity index (χ1v) is 6.56. The van der Waals surface area contributed by atoms with Crippen molar-refractivity contribution >= 4 is 0 Å². The summed E-state index contributed by atoms with van der Waals surface area (Å²) >= 11 is 0. The molecule has 0 aromatic carbocycles. The fourth-order valence-electron chi connectivity index (χ4n) is 1.47. The summed E-state index contributed by atoms with van der Waals surface area (Å²) in [6.07, 6.45) is 3.76. The molecule has 0 fully saturated rings. The van der Waals surface area contributed by atoms with Gasteiger partial charge in [0.1, 0.15) is 12.4 Å². The van der Waals surface area contributed by atoms with Crippen LogP contribution in [-0.4, -0.2) is 30.3 Å². The number of pyridine rings is 1. The van der Waals surface area contributed by atoms with E-state index in [2.05, 4.69) is 11.9 Å². The first-order valence-electron chi connectivity index (χ1n) is 6.56. The van der Waals surface area contributed by atoms with Gasteiger partial charge >= 0.3 is 0 Å². The molecular formula is C14H24N2O2. The van der Waals surface area contributed by atoms with Gasteiger partial charge in [0.25, 0.3) is 0 Å². The Morgan fingerprint density at radius 2 is 2.06 bits per heavy atom. The molecule has 0 saturated carbocycles. The van der Waals surface area contributed by atoms with Crippen molar-refractivity contribution < 1.29 is 9.47 Å². The summed E-state index contributed by atoms with van der Waals surface area (Å²) in [6, 6.07) is 4.08. The molecule has 1 rings (SSSR count). The Morgan fingerprint density at radius 1 is 1.28 bits per heavy atom. The van der Waals surface area contributed by atoms with Crippen molar-refractivity contribution in [2.75, 3.05) is 13.2 Å². The Labute approximate surface area is 110 Å². The van der Waals surface area contributed by atoms with Gasteiger partial charge in [0.05, 0.1) is 18.9 Å². The molecule has 1 aromatic rings. The lowest BCUT2D eigenvalue weighted by atomic mass is 10.1. The lowest BCUT2D eigenvalue weighted by Crippen LogP contribution is -2.21. The summed E-state index contributed by atoms with van der Waals surface area (Å²) in [5, 5.41) is 0. The second-order valence-electron chi connectivity index (χ2n) is 4.63. The van der Waals surface area contributed by atoms with Gasteiger partial charge in [0, 0.05) is 18.2 Å². The first kappa shape index (κ1) is 14.9. The van der Waals surface area contributed by atoms with Gasteiger partial charge in [-0.2, -0.15) is 0 Å². The Bertz CT molecular complexity index is 325. The van der Waals surface area contributed by atoms with Crippen LogP contribution in [0.2, 0.25) is 0 Å². The van der Waals surface area contributed by atoms with Crippen LogP contribution in [0.1, 0.15) is 32.9 Å². The number of hydrogen-bond donors (Lipinski definition) is 1. The maximum absolute atomic E-state index is 5.88. The Morgan fingerprint density at radius 3 is 2.61 bits per heavy atom. The number of aromatic nitrogens is 1. The van der Waals surface area contributed by atoms with E-state index in [0.29, 0.717) is 13.2 Å². The van der Waals surface area contributed by atoms with Crippen molar-refractivity contribution in [3.8, 4) is 5.75 Å². The van der Waals surface area contributed by atoms with E-state index in [1.54, 1.807) is 6.20 Å². The number of nitrogens with zero attached hydrogens (tertiary/aromatic N) is 1. The van der Waals surface area contributed by atoms with E-state index in [0.717, 1.165) is 24.3 Å². The maximum Gasteiger partial charge on any atom is 0.137 e. The van der Waals surface area contributed by atoms with Gasteiger partial charge in [-0.3, -0.25) is 4.98 Å². The van der Waals surface area contributed by atoms with Crippen LogP contribution in [-0.2, 0) is 11.2 Å². The Hall–Kier alpha value is -1.13. The molecule has 4 nitrogen and oxygen atoms in total. The topological polar surface area (TPSA) is 57.4 Å². The fraction of sp³-hybridized carbons (Fsp3) is 0.643. The minimum Gasteiger partial charge on any atom is -0.490 e. The summed E-state index contributed by atoms with van der Waals surface area (Å²) < 4.78 is 10.9. The molecule has 1 atom stereocenters. The number of nitrogens with two attached hydrogens (primary N) is 1. The summed E-state index contributed by atoms with van der Waals surface area (Å²) in [4.78, 5) is 4.33. The third kappa shape index (κ3) is 5.98. The number of rotatable bonds is 8.